The zero-order valence-electron chi connectivity index (χ0n) is 14.8. The van der Waals surface area contributed by atoms with Crippen molar-refractivity contribution in [3.8, 4) is 22.4 Å². The fraction of sp³-hybridized carbons (Fsp3) is 0.150. The third-order valence-corrected chi connectivity index (χ3v) is 4.06. The minimum Gasteiger partial charge on any atom is -0.304 e. The van der Waals surface area contributed by atoms with Crippen LogP contribution in [0.4, 0.5) is 35.1 Å². The molecule has 0 saturated carbocycles. The molecular formula is C20H10F8IrN-. The molecule has 0 N–H and O–H groups in total. The maximum atomic E-state index is 15.0. The van der Waals surface area contributed by atoms with Crippen LogP contribution in [0.5, 0.6) is 0 Å². The molecule has 3 rings (SSSR count). The third kappa shape index (κ3) is 4.87. The van der Waals surface area contributed by atoms with Gasteiger partial charge in [-0.1, -0.05) is 17.7 Å². The van der Waals surface area contributed by atoms with E-state index in [9.17, 15) is 35.1 Å². The van der Waals surface area contributed by atoms with Crippen LogP contribution in [-0.2, 0) is 32.5 Å². The summed E-state index contributed by atoms with van der Waals surface area (Å²) in [5, 5.41) is 0. The SMILES string of the molecule is Cc1ccc(-c2[c-]cc(F)c(-c3cc(C(F)(F)F)cc(C(F)(F)F)c3)c2F)nc1.[Ir]. The number of hydrogen-bond donors (Lipinski definition) is 0. The van der Waals surface area contributed by atoms with Gasteiger partial charge in [-0.3, -0.25) is 8.78 Å². The second kappa shape index (κ2) is 8.43. The summed E-state index contributed by atoms with van der Waals surface area (Å²) < 4.78 is 108. The Morgan fingerprint density at radius 1 is 0.867 bits per heavy atom. The smallest absolute Gasteiger partial charge is 0.304 e. The fourth-order valence-corrected chi connectivity index (χ4v) is 2.67. The summed E-state index contributed by atoms with van der Waals surface area (Å²) in [4.78, 5) is 3.93. The first-order valence-electron chi connectivity index (χ1n) is 8.00. The molecule has 0 fully saturated rings. The first kappa shape index (κ1) is 24.0. The predicted molar refractivity (Wildman–Crippen MR) is 88.6 cm³/mol. The van der Waals surface area contributed by atoms with E-state index >= 15 is 0 Å². The van der Waals surface area contributed by atoms with Crippen molar-refractivity contribution in [2.45, 2.75) is 19.3 Å². The summed E-state index contributed by atoms with van der Waals surface area (Å²) in [5.74, 6) is -2.72. The van der Waals surface area contributed by atoms with E-state index in [0.29, 0.717) is 6.07 Å². The maximum absolute atomic E-state index is 15.0. The van der Waals surface area contributed by atoms with Crippen LogP contribution in [0, 0.1) is 24.6 Å². The van der Waals surface area contributed by atoms with Gasteiger partial charge < -0.3 is 4.98 Å². The fourth-order valence-electron chi connectivity index (χ4n) is 2.67. The van der Waals surface area contributed by atoms with E-state index in [2.05, 4.69) is 11.1 Å². The Morgan fingerprint density at radius 3 is 1.90 bits per heavy atom. The molecule has 0 aliphatic carbocycles. The Hall–Kier alpha value is -2.32. The predicted octanol–water partition coefficient (Wildman–Crippen LogP) is 6.84. The van der Waals surface area contributed by atoms with Crippen LogP contribution in [-0.4, -0.2) is 4.98 Å². The summed E-state index contributed by atoms with van der Waals surface area (Å²) in [5.41, 5.74) is -4.94. The number of alkyl halides is 6. The number of aryl methyl sites for hydroxylation is 1. The number of benzene rings is 2. The molecule has 30 heavy (non-hydrogen) atoms. The Bertz CT molecular complexity index is 1020. The van der Waals surface area contributed by atoms with Crippen LogP contribution < -0.4 is 0 Å². The molecule has 0 atom stereocenters. The average molecular weight is 609 g/mol. The number of rotatable bonds is 2. The molecule has 1 nitrogen and oxygen atoms in total. The minimum atomic E-state index is -5.15. The van der Waals surface area contributed by atoms with Gasteiger partial charge in [0.15, 0.2) is 0 Å². The van der Waals surface area contributed by atoms with Gasteiger partial charge in [0, 0.05) is 37.9 Å². The molecule has 0 saturated heterocycles. The van der Waals surface area contributed by atoms with Crippen molar-refractivity contribution in [2.24, 2.45) is 0 Å². The van der Waals surface area contributed by atoms with Crippen LogP contribution in [0.3, 0.4) is 0 Å². The molecule has 10 heteroatoms. The van der Waals surface area contributed by atoms with Crippen molar-refractivity contribution < 1.29 is 55.2 Å². The van der Waals surface area contributed by atoms with E-state index < -0.39 is 46.2 Å². The molecule has 1 aromatic heterocycles. The normalized spacial score (nSPS) is 11.9. The number of halogens is 8. The van der Waals surface area contributed by atoms with Gasteiger partial charge in [0.1, 0.15) is 0 Å². The van der Waals surface area contributed by atoms with Crippen molar-refractivity contribution in [2.75, 3.05) is 0 Å². The van der Waals surface area contributed by atoms with E-state index in [1.54, 1.807) is 13.0 Å². The number of nitrogens with zero attached hydrogens (tertiary/aromatic N) is 1. The summed E-state index contributed by atoms with van der Waals surface area (Å²) in [6.07, 6.45) is -8.92. The van der Waals surface area contributed by atoms with Crippen molar-refractivity contribution in [1.29, 1.82) is 0 Å². The first-order valence-corrected chi connectivity index (χ1v) is 8.00. The molecule has 1 radical (unpaired) electrons. The molecule has 0 unspecified atom stereocenters. The van der Waals surface area contributed by atoms with Gasteiger partial charge >= 0.3 is 12.4 Å². The molecular weight excluding hydrogens is 598 g/mol. The Morgan fingerprint density at radius 2 is 1.43 bits per heavy atom. The van der Waals surface area contributed by atoms with Gasteiger partial charge in [0.05, 0.1) is 11.1 Å². The largest absolute Gasteiger partial charge is 0.416 e. The van der Waals surface area contributed by atoms with Crippen molar-refractivity contribution in [1.82, 2.24) is 4.98 Å². The summed E-state index contributed by atoms with van der Waals surface area (Å²) in [6.45, 7) is 1.70. The van der Waals surface area contributed by atoms with E-state index in [-0.39, 0.29) is 49.6 Å². The van der Waals surface area contributed by atoms with E-state index in [0.717, 1.165) is 5.56 Å². The topological polar surface area (TPSA) is 12.9 Å². The number of pyridine rings is 1. The Labute approximate surface area is 179 Å². The first-order chi connectivity index (χ1) is 13.4. The van der Waals surface area contributed by atoms with Gasteiger partial charge in [-0.15, -0.1) is 12.1 Å². The number of aromatic nitrogens is 1. The standard InChI is InChI=1S/C20H10F8N.Ir/c1-10-2-5-16(29-9-10)14-3-4-15(21)17(18(14)22)11-6-12(19(23,24)25)8-13(7-11)20(26,27)28;/h2,4-9H,1H3;/q-1;. The molecule has 0 spiro atoms. The number of hydrogen-bond acceptors (Lipinski definition) is 1. The van der Waals surface area contributed by atoms with E-state index in [1.165, 1.54) is 12.3 Å². The monoisotopic (exact) mass is 609 g/mol. The van der Waals surface area contributed by atoms with Crippen molar-refractivity contribution >= 4 is 0 Å². The van der Waals surface area contributed by atoms with Crippen LogP contribution >= 0.6 is 0 Å². The quantitative estimate of drug-likeness (QED) is 0.230. The minimum absolute atomic E-state index is 0. The van der Waals surface area contributed by atoms with E-state index in [4.69, 9.17) is 0 Å². The van der Waals surface area contributed by atoms with Crippen molar-refractivity contribution in [3.05, 3.63) is 77.0 Å². The average Bonchev–Trinajstić information content (AvgIpc) is 2.61. The molecule has 0 bridgehead atoms. The zero-order valence-corrected chi connectivity index (χ0v) is 17.2. The summed E-state index contributed by atoms with van der Waals surface area (Å²) >= 11 is 0. The molecule has 161 valence electrons. The van der Waals surface area contributed by atoms with Gasteiger partial charge in [-0.05, 0) is 47.5 Å². The summed E-state index contributed by atoms with van der Waals surface area (Å²) in [6, 6.07) is 6.28. The maximum Gasteiger partial charge on any atom is 0.416 e. The van der Waals surface area contributed by atoms with Crippen molar-refractivity contribution in [3.63, 3.8) is 0 Å². The van der Waals surface area contributed by atoms with Crippen LogP contribution in [0.15, 0.2) is 42.6 Å². The Kier molecular flexibility index (Phi) is 6.73. The molecule has 0 aliphatic heterocycles. The second-order valence-electron chi connectivity index (χ2n) is 6.22. The van der Waals surface area contributed by atoms with Gasteiger partial charge in [0.25, 0.3) is 0 Å². The van der Waals surface area contributed by atoms with Gasteiger partial charge in [0.2, 0.25) is 0 Å². The van der Waals surface area contributed by atoms with E-state index in [1.807, 2.05) is 0 Å². The molecule has 2 aromatic carbocycles. The Balaban J connectivity index is 0.00000320. The van der Waals surface area contributed by atoms with Crippen LogP contribution in [0.25, 0.3) is 22.4 Å². The molecule has 0 aliphatic rings. The third-order valence-electron chi connectivity index (χ3n) is 4.06. The second-order valence-corrected chi connectivity index (χ2v) is 6.22. The molecule has 3 aromatic rings. The van der Waals surface area contributed by atoms with Crippen LogP contribution in [0.1, 0.15) is 16.7 Å². The molecule has 1 heterocycles. The van der Waals surface area contributed by atoms with Gasteiger partial charge in [-0.25, -0.2) is 0 Å². The molecule has 0 amide bonds. The summed E-state index contributed by atoms with van der Waals surface area (Å²) in [7, 11) is 0. The van der Waals surface area contributed by atoms with Crippen LogP contribution in [0.2, 0.25) is 0 Å². The zero-order chi connectivity index (χ0) is 21.6. The van der Waals surface area contributed by atoms with Gasteiger partial charge in [-0.2, -0.15) is 26.3 Å².